The van der Waals surface area contributed by atoms with Gasteiger partial charge in [0.05, 0.1) is 25.9 Å². The smallest absolute Gasteiger partial charge is 0.252 e. The van der Waals surface area contributed by atoms with Crippen LogP contribution >= 0.6 is 0 Å². The average molecular weight is 414 g/mol. The van der Waals surface area contributed by atoms with Crippen LogP contribution in [0, 0.1) is 5.92 Å². The Labute approximate surface area is 177 Å². The summed E-state index contributed by atoms with van der Waals surface area (Å²) in [6.45, 7) is 2.37. The van der Waals surface area contributed by atoms with E-state index in [0.717, 1.165) is 43.5 Å². The predicted molar refractivity (Wildman–Crippen MR) is 117 cm³/mol. The molecule has 1 fully saturated rings. The Hall–Kier alpha value is -2.77. The molecule has 1 heterocycles. The molecule has 0 radical (unpaired) electrons. The van der Waals surface area contributed by atoms with E-state index in [1.807, 2.05) is 24.3 Å². The maximum Gasteiger partial charge on any atom is 0.252 e. The number of primary amides is 1. The number of likely N-dealkylation sites (tertiary alicyclic amines) is 1. The van der Waals surface area contributed by atoms with Crippen molar-refractivity contribution in [2.24, 2.45) is 11.7 Å². The number of carbonyl (C=O) groups is 1. The van der Waals surface area contributed by atoms with E-state index in [0.29, 0.717) is 35.2 Å². The van der Waals surface area contributed by atoms with Gasteiger partial charge in [-0.1, -0.05) is 18.2 Å². The number of methoxy groups -OCH3 is 2. The van der Waals surface area contributed by atoms with Crippen LogP contribution in [0.25, 0.3) is 0 Å². The van der Waals surface area contributed by atoms with Gasteiger partial charge in [0.2, 0.25) is 0 Å². The van der Waals surface area contributed by atoms with Gasteiger partial charge in [-0.3, -0.25) is 4.79 Å². The number of ether oxygens (including phenoxy) is 2. The lowest BCUT2D eigenvalue weighted by molar-refractivity contribution is 0.0876. The second-order valence-corrected chi connectivity index (χ2v) is 7.82. The van der Waals surface area contributed by atoms with E-state index in [1.165, 1.54) is 7.11 Å². The number of piperidine rings is 1. The second-order valence-electron chi connectivity index (χ2n) is 7.82. The molecule has 1 saturated heterocycles. The highest BCUT2D eigenvalue weighted by molar-refractivity contribution is 5.96. The van der Waals surface area contributed by atoms with Crippen LogP contribution in [0.3, 0.4) is 0 Å². The average Bonchev–Trinajstić information content (AvgIpc) is 2.75. The second kappa shape index (κ2) is 9.82. The third kappa shape index (κ3) is 5.04. The van der Waals surface area contributed by atoms with Gasteiger partial charge in [-0.2, -0.15) is 0 Å². The molecule has 1 unspecified atom stereocenters. The van der Waals surface area contributed by atoms with Gasteiger partial charge in [0, 0.05) is 23.9 Å². The number of nitrogen functional groups attached to an aromatic ring is 1. The Bertz CT molecular complexity index is 879. The van der Waals surface area contributed by atoms with E-state index in [-0.39, 0.29) is 0 Å². The highest BCUT2D eigenvalue weighted by Gasteiger charge is 2.24. The van der Waals surface area contributed by atoms with Gasteiger partial charge in [0.15, 0.2) is 0 Å². The number of aliphatic hydroxyl groups is 1. The maximum atomic E-state index is 11.7. The SMILES string of the molecule is COc1cc(N)c(CC2CCN(CC(O)c3ccccc3OC)CC2)cc1C(N)=O. The first kappa shape index (κ1) is 21.9. The number of carbonyl (C=O) groups excluding carboxylic acids is 1. The number of aliphatic hydroxyl groups excluding tert-OH is 1. The zero-order valence-corrected chi connectivity index (χ0v) is 17.6. The highest BCUT2D eigenvalue weighted by atomic mass is 16.5. The molecule has 2 aromatic rings. The molecule has 1 atom stereocenters. The first-order valence-electron chi connectivity index (χ1n) is 10.2. The van der Waals surface area contributed by atoms with Gasteiger partial charge in [-0.15, -0.1) is 0 Å². The van der Waals surface area contributed by atoms with Crippen LogP contribution in [0.4, 0.5) is 5.69 Å². The minimum atomic E-state index is -0.590. The van der Waals surface area contributed by atoms with Crippen molar-refractivity contribution >= 4 is 11.6 Å². The quantitative estimate of drug-likeness (QED) is 0.573. The van der Waals surface area contributed by atoms with Crippen molar-refractivity contribution in [3.05, 3.63) is 53.1 Å². The number of benzene rings is 2. The molecule has 7 nitrogen and oxygen atoms in total. The van der Waals surface area contributed by atoms with E-state index >= 15 is 0 Å². The van der Waals surface area contributed by atoms with Crippen LogP contribution in [0.2, 0.25) is 0 Å². The van der Waals surface area contributed by atoms with Crippen molar-refractivity contribution in [2.75, 3.05) is 39.6 Å². The van der Waals surface area contributed by atoms with Gasteiger partial charge < -0.3 is 30.9 Å². The van der Waals surface area contributed by atoms with Gasteiger partial charge in [0.1, 0.15) is 11.5 Å². The molecule has 30 heavy (non-hydrogen) atoms. The van der Waals surface area contributed by atoms with Crippen LogP contribution in [0.15, 0.2) is 36.4 Å². The minimum absolute atomic E-state index is 0.360. The number of nitrogens with zero attached hydrogens (tertiary/aromatic N) is 1. The highest BCUT2D eigenvalue weighted by Crippen LogP contribution is 2.31. The number of anilines is 1. The van der Waals surface area contributed by atoms with E-state index in [2.05, 4.69) is 4.90 Å². The standard InChI is InChI=1S/C23H31N3O4/c1-29-21-6-4-3-5-17(21)20(27)14-26-9-7-15(8-10-26)11-16-12-18(23(25)28)22(30-2)13-19(16)24/h3-6,12-13,15,20,27H,7-11,14,24H2,1-2H3,(H2,25,28). The summed E-state index contributed by atoms with van der Waals surface area (Å²) < 4.78 is 10.6. The summed E-state index contributed by atoms with van der Waals surface area (Å²) in [6.07, 6.45) is 2.19. The molecule has 0 aliphatic carbocycles. The minimum Gasteiger partial charge on any atom is -0.496 e. The van der Waals surface area contributed by atoms with Crippen LogP contribution < -0.4 is 20.9 Å². The number of rotatable bonds is 8. The first-order chi connectivity index (χ1) is 14.4. The molecule has 3 rings (SSSR count). The molecule has 0 bridgehead atoms. The molecule has 0 aromatic heterocycles. The molecular weight excluding hydrogens is 382 g/mol. The maximum absolute atomic E-state index is 11.7. The number of hydrogen-bond acceptors (Lipinski definition) is 6. The summed E-state index contributed by atoms with van der Waals surface area (Å²) in [6, 6.07) is 11.0. The summed E-state index contributed by atoms with van der Waals surface area (Å²) in [5.74, 6) is 1.05. The van der Waals surface area contributed by atoms with E-state index < -0.39 is 12.0 Å². The van der Waals surface area contributed by atoms with Crippen molar-refractivity contribution in [1.29, 1.82) is 0 Å². The van der Waals surface area contributed by atoms with Crippen molar-refractivity contribution in [3.63, 3.8) is 0 Å². The Morgan fingerprint density at radius 1 is 1.17 bits per heavy atom. The summed E-state index contributed by atoms with van der Waals surface area (Å²) in [5.41, 5.74) is 14.4. The normalized spacial score (nSPS) is 16.2. The largest absolute Gasteiger partial charge is 0.496 e. The van der Waals surface area contributed by atoms with Gasteiger partial charge in [0.25, 0.3) is 5.91 Å². The lowest BCUT2D eigenvalue weighted by atomic mass is 9.88. The van der Waals surface area contributed by atoms with Crippen molar-refractivity contribution < 1.29 is 19.4 Å². The van der Waals surface area contributed by atoms with Crippen molar-refractivity contribution in [3.8, 4) is 11.5 Å². The molecule has 0 saturated carbocycles. The Morgan fingerprint density at radius 2 is 1.83 bits per heavy atom. The first-order valence-corrected chi connectivity index (χ1v) is 10.2. The Balaban J connectivity index is 1.58. The molecule has 1 aliphatic rings. The van der Waals surface area contributed by atoms with Gasteiger partial charge >= 0.3 is 0 Å². The monoisotopic (exact) mass is 413 g/mol. The lowest BCUT2D eigenvalue weighted by Crippen LogP contribution is -2.37. The van der Waals surface area contributed by atoms with E-state index in [9.17, 15) is 9.90 Å². The number of para-hydroxylation sites is 1. The molecule has 1 aliphatic heterocycles. The van der Waals surface area contributed by atoms with Gasteiger partial charge in [-0.25, -0.2) is 0 Å². The third-order valence-corrected chi connectivity index (χ3v) is 5.87. The zero-order valence-electron chi connectivity index (χ0n) is 17.6. The number of amides is 1. The Morgan fingerprint density at radius 3 is 2.47 bits per heavy atom. The zero-order chi connectivity index (χ0) is 21.7. The fourth-order valence-corrected chi connectivity index (χ4v) is 4.15. The van der Waals surface area contributed by atoms with Crippen molar-refractivity contribution in [1.82, 2.24) is 4.90 Å². The molecule has 5 N–H and O–H groups in total. The Kier molecular flexibility index (Phi) is 7.18. The molecule has 2 aromatic carbocycles. The molecule has 7 heteroatoms. The fraction of sp³-hybridized carbons (Fsp3) is 0.435. The molecular formula is C23H31N3O4. The fourth-order valence-electron chi connectivity index (χ4n) is 4.15. The summed E-state index contributed by atoms with van der Waals surface area (Å²) in [7, 11) is 3.11. The number of hydrogen-bond donors (Lipinski definition) is 3. The van der Waals surface area contributed by atoms with Crippen LogP contribution in [-0.2, 0) is 6.42 Å². The third-order valence-electron chi connectivity index (χ3n) is 5.87. The molecule has 1 amide bonds. The van der Waals surface area contributed by atoms with Gasteiger partial charge in [-0.05, 0) is 56.0 Å². The molecule has 0 spiro atoms. The topological polar surface area (TPSA) is 111 Å². The number of nitrogens with two attached hydrogens (primary N) is 2. The summed E-state index contributed by atoms with van der Waals surface area (Å²) >= 11 is 0. The van der Waals surface area contributed by atoms with Crippen LogP contribution in [-0.4, -0.2) is 49.8 Å². The van der Waals surface area contributed by atoms with Crippen LogP contribution in [0.1, 0.15) is 40.4 Å². The van der Waals surface area contributed by atoms with Crippen molar-refractivity contribution in [2.45, 2.75) is 25.4 Å². The van der Waals surface area contributed by atoms with Crippen LogP contribution in [0.5, 0.6) is 11.5 Å². The predicted octanol–water partition coefficient (Wildman–Crippen LogP) is 2.37. The number of β-amino-alcohol motifs (C(OH)–C–C–N with tert-alkyl or cyclic N) is 1. The van der Waals surface area contributed by atoms with E-state index in [4.69, 9.17) is 20.9 Å². The lowest BCUT2D eigenvalue weighted by Gasteiger charge is -2.33. The molecule has 162 valence electrons. The summed E-state index contributed by atoms with van der Waals surface area (Å²) in [5, 5.41) is 10.7. The summed E-state index contributed by atoms with van der Waals surface area (Å²) in [4.78, 5) is 14.0. The van der Waals surface area contributed by atoms with E-state index in [1.54, 1.807) is 19.2 Å².